The Balaban J connectivity index is 2.00. The second kappa shape index (κ2) is 5.93. The summed E-state index contributed by atoms with van der Waals surface area (Å²) in [6.07, 6.45) is 0.713. The van der Waals surface area contributed by atoms with E-state index in [-0.39, 0.29) is 5.91 Å². The molecule has 0 saturated heterocycles. The number of nitrogens with one attached hydrogen (secondary N) is 1. The minimum atomic E-state index is -0.577. The van der Waals surface area contributed by atoms with Crippen molar-refractivity contribution in [3.8, 4) is 0 Å². The van der Waals surface area contributed by atoms with Crippen LogP contribution in [0.25, 0.3) is 0 Å². The van der Waals surface area contributed by atoms with Gasteiger partial charge in [0.2, 0.25) is 11.0 Å². The zero-order valence-corrected chi connectivity index (χ0v) is 11.3. The van der Waals surface area contributed by atoms with Gasteiger partial charge in [-0.25, -0.2) is 0 Å². The molecule has 0 radical (unpaired) electrons. The molecule has 18 heavy (non-hydrogen) atoms. The largest absolute Gasteiger partial charge is 0.299 e. The first kappa shape index (κ1) is 13.0. The van der Waals surface area contributed by atoms with E-state index in [1.54, 1.807) is 6.92 Å². The zero-order valence-electron chi connectivity index (χ0n) is 9.76. The van der Waals surface area contributed by atoms with E-state index < -0.39 is 5.38 Å². The first-order valence-electron chi connectivity index (χ1n) is 5.46. The molecule has 2 aromatic rings. The first-order valence-corrected chi connectivity index (χ1v) is 6.71. The summed E-state index contributed by atoms with van der Waals surface area (Å²) in [6.45, 7) is 1.61. The molecule has 1 amide bonds. The van der Waals surface area contributed by atoms with Gasteiger partial charge in [0.05, 0.1) is 0 Å². The normalized spacial score (nSPS) is 12.1. The molecular formula is C12H12ClN3OS. The number of alkyl halides is 1. The lowest BCUT2D eigenvalue weighted by atomic mass is 10.2. The molecule has 6 heteroatoms. The van der Waals surface area contributed by atoms with Gasteiger partial charge in [-0.2, -0.15) is 0 Å². The van der Waals surface area contributed by atoms with Crippen molar-refractivity contribution in [1.82, 2.24) is 10.2 Å². The van der Waals surface area contributed by atoms with E-state index in [9.17, 15) is 4.79 Å². The van der Waals surface area contributed by atoms with Crippen LogP contribution < -0.4 is 5.32 Å². The van der Waals surface area contributed by atoms with Gasteiger partial charge in [0, 0.05) is 6.42 Å². The summed E-state index contributed by atoms with van der Waals surface area (Å²) in [6, 6.07) is 9.99. The van der Waals surface area contributed by atoms with Crippen molar-refractivity contribution >= 4 is 34.0 Å². The van der Waals surface area contributed by atoms with E-state index in [0.717, 1.165) is 10.6 Å². The Morgan fingerprint density at radius 3 is 2.78 bits per heavy atom. The molecule has 0 saturated carbocycles. The van der Waals surface area contributed by atoms with E-state index in [0.29, 0.717) is 11.6 Å². The van der Waals surface area contributed by atoms with Crippen molar-refractivity contribution in [3.05, 3.63) is 40.9 Å². The van der Waals surface area contributed by atoms with Gasteiger partial charge < -0.3 is 0 Å². The first-order chi connectivity index (χ1) is 8.65. The van der Waals surface area contributed by atoms with Crippen LogP contribution in [0.3, 0.4) is 0 Å². The van der Waals surface area contributed by atoms with Gasteiger partial charge in [0.1, 0.15) is 10.4 Å². The topological polar surface area (TPSA) is 54.9 Å². The van der Waals surface area contributed by atoms with E-state index in [1.807, 2.05) is 30.3 Å². The number of carbonyl (C=O) groups excluding carboxylic acids is 1. The van der Waals surface area contributed by atoms with E-state index >= 15 is 0 Å². The van der Waals surface area contributed by atoms with Crippen LogP contribution in [0.4, 0.5) is 5.13 Å². The predicted octanol–water partition coefficient (Wildman–Crippen LogP) is 2.69. The summed E-state index contributed by atoms with van der Waals surface area (Å²) < 4.78 is 0. The number of amides is 1. The Labute approximate surface area is 114 Å². The molecule has 0 fully saturated rings. The molecule has 1 N–H and O–H groups in total. The molecular weight excluding hydrogens is 270 g/mol. The van der Waals surface area contributed by atoms with Gasteiger partial charge in [0.15, 0.2) is 0 Å². The highest BCUT2D eigenvalue weighted by molar-refractivity contribution is 7.15. The Hall–Kier alpha value is -1.46. The molecule has 0 spiro atoms. The lowest BCUT2D eigenvalue weighted by Gasteiger charge is -2.00. The van der Waals surface area contributed by atoms with Crippen LogP contribution in [-0.4, -0.2) is 21.5 Å². The number of nitrogens with zero attached hydrogens (tertiary/aromatic N) is 2. The second-order valence-corrected chi connectivity index (χ2v) is 5.49. The van der Waals surface area contributed by atoms with Crippen LogP contribution in [0.2, 0.25) is 0 Å². The van der Waals surface area contributed by atoms with Crippen LogP contribution in [0, 0.1) is 0 Å². The summed E-state index contributed by atoms with van der Waals surface area (Å²) >= 11 is 7.02. The SMILES string of the molecule is C[C@@H](Cl)C(=O)Nc1nnc(Cc2ccccc2)s1. The van der Waals surface area contributed by atoms with Crippen molar-refractivity contribution in [1.29, 1.82) is 0 Å². The zero-order chi connectivity index (χ0) is 13.0. The minimum absolute atomic E-state index is 0.265. The average Bonchev–Trinajstić information content (AvgIpc) is 2.77. The molecule has 1 aromatic heterocycles. The minimum Gasteiger partial charge on any atom is -0.299 e. The van der Waals surface area contributed by atoms with E-state index in [2.05, 4.69) is 15.5 Å². The number of aromatic nitrogens is 2. The fraction of sp³-hybridized carbons (Fsp3) is 0.250. The van der Waals surface area contributed by atoms with E-state index in [4.69, 9.17) is 11.6 Å². The maximum Gasteiger partial charge on any atom is 0.243 e. The molecule has 1 atom stereocenters. The molecule has 1 aromatic carbocycles. The Kier molecular flexibility index (Phi) is 4.28. The lowest BCUT2D eigenvalue weighted by Crippen LogP contribution is -2.20. The van der Waals surface area contributed by atoms with Crippen molar-refractivity contribution < 1.29 is 4.79 Å². The van der Waals surface area contributed by atoms with Crippen molar-refractivity contribution in [2.45, 2.75) is 18.7 Å². The molecule has 0 aliphatic rings. The maximum absolute atomic E-state index is 11.4. The molecule has 2 rings (SSSR count). The molecule has 94 valence electrons. The Bertz CT molecular complexity index is 527. The third-order valence-electron chi connectivity index (χ3n) is 2.26. The molecule has 0 unspecified atom stereocenters. The van der Waals surface area contributed by atoms with Gasteiger partial charge >= 0.3 is 0 Å². The highest BCUT2D eigenvalue weighted by atomic mass is 35.5. The number of hydrogen-bond donors (Lipinski definition) is 1. The number of rotatable bonds is 4. The standard InChI is InChI=1S/C12H12ClN3OS/c1-8(13)11(17)14-12-16-15-10(18-12)7-9-5-3-2-4-6-9/h2-6,8H,7H2,1H3,(H,14,16,17)/t8-/m1/s1. The van der Waals surface area contributed by atoms with Crippen LogP contribution in [-0.2, 0) is 11.2 Å². The average molecular weight is 282 g/mol. The molecule has 4 nitrogen and oxygen atoms in total. The fourth-order valence-electron chi connectivity index (χ4n) is 1.35. The van der Waals surface area contributed by atoms with Crippen molar-refractivity contribution in [2.24, 2.45) is 0 Å². The van der Waals surface area contributed by atoms with Crippen molar-refractivity contribution in [2.75, 3.05) is 5.32 Å². The number of halogens is 1. The lowest BCUT2D eigenvalue weighted by molar-refractivity contribution is -0.115. The van der Waals surface area contributed by atoms with Gasteiger partial charge in [-0.15, -0.1) is 21.8 Å². The quantitative estimate of drug-likeness (QED) is 0.877. The molecule has 0 bridgehead atoms. The van der Waals surface area contributed by atoms with Crippen molar-refractivity contribution in [3.63, 3.8) is 0 Å². The van der Waals surface area contributed by atoms with Crippen LogP contribution >= 0.6 is 22.9 Å². The van der Waals surface area contributed by atoms with Gasteiger partial charge in [0.25, 0.3) is 0 Å². The Morgan fingerprint density at radius 1 is 1.39 bits per heavy atom. The van der Waals surface area contributed by atoms with Gasteiger partial charge in [-0.3, -0.25) is 10.1 Å². The summed E-state index contributed by atoms with van der Waals surface area (Å²) in [4.78, 5) is 11.4. The summed E-state index contributed by atoms with van der Waals surface area (Å²) in [7, 11) is 0. The monoisotopic (exact) mass is 281 g/mol. The highest BCUT2D eigenvalue weighted by Crippen LogP contribution is 2.18. The fourth-order valence-corrected chi connectivity index (χ4v) is 2.18. The molecule has 1 heterocycles. The Morgan fingerprint density at radius 2 is 2.11 bits per heavy atom. The second-order valence-electron chi connectivity index (χ2n) is 3.77. The smallest absolute Gasteiger partial charge is 0.243 e. The van der Waals surface area contributed by atoms with Gasteiger partial charge in [-0.1, -0.05) is 41.7 Å². The summed E-state index contributed by atoms with van der Waals surface area (Å²) in [5, 5.41) is 11.3. The number of carbonyl (C=O) groups is 1. The molecule has 0 aliphatic heterocycles. The van der Waals surface area contributed by atoms with Crippen LogP contribution in [0.5, 0.6) is 0 Å². The summed E-state index contributed by atoms with van der Waals surface area (Å²) in [5.41, 5.74) is 1.16. The number of hydrogen-bond acceptors (Lipinski definition) is 4. The van der Waals surface area contributed by atoms with Crippen LogP contribution in [0.1, 0.15) is 17.5 Å². The summed E-state index contributed by atoms with van der Waals surface area (Å²) in [5.74, 6) is -0.265. The van der Waals surface area contributed by atoms with Crippen LogP contribution in [0.15, 0.2) is 30.3 Å². The number of benzene rings is 1. The van der Waals surface area contributed by atoms with Gasteiger partial charge in [-0.05, 0) is 12.5 Å². The number of anilines is 1. The maximum atomic E-state index is 11.4. The third kappa shape index (κ3) is 3.51. The highest BCUT2D eigenvalue weighted by Gasteiger charge is 2.12. The van der Waals surface area contributed by atoms with E-state index in [1.165, 1.54) is 11.3 Å². The molecule has 0 aliphatic carbocycles. The third-order valence-corrected chi connectivity index (χ3v) is 3.29. The predicted molar refractivity (Wildman–Crippen MR) is 73.1 cm³/mol.